The Morgan fingerprint density at radius 2 is 1.00 bits per heavy atom. The van der Waals surface area contributed by atoms with Crippen LogP contribution in [-0.2, 0) is 0 Å². The van der Waals surface area contributed by atoms with Crippen LogP contribution in [0.5, 0.6) is 0 Å². The molecule has 0 bridgehead atoms. The van der Waals surface area contributed by atoms with E-state index < -0.39 is 36.6 Å². The van der Waals surface area contributed by atoms with Gasteiger partial charge in [0.25, 0.3) is 0 Å². The normalized spacial score (nSPS) is 15.3. The summed E-state index contributed by atoms with van der Waals surface area (Å²) in [6, 6.07) is 0. The van der Waals surface area contributed by atoms with Crippen LogP contribution in [0.4, 0.5) is 39.5 Å². The van der Waals surface area contributed by atoms with Crippen molar-refractivity contribution < 1.29 is 39.5 Å². The van der Waals surface area contributed by atoms with E-state index in [9.17, 15) is 39.5 Å². The van der Waals surface area contributed by atoms with E-state index >= 15 is 0 Å². The summed E-state index contributed by atoms with van der Waals surface area (Å²) in [6.45, 7) is 0. The molecule has 0 atom stereocenters. The molecule has 0 saturated carbocycles. The molecule has 0 heterocycles. The van der Waals surface area contributed by atoms with E-state index in [1.54, 1.807) is 0 Å². The molecule has 0 fully saturated rings. The monoisotopic (exact) mass is 246 g/mol. The van der Waals surface area contributed by atoms with Crippen LogP contribution in [0.15, 0.2) is 12.2 Å². The topological polar surface area (TPSA) is 0 Å². The van der Waals surface area contributed by atoms with Gasteiger partial charge in [0.2, 0.25) is 0 Å². The Morgan fingerprint density at radius 1 is 0.667 bits per heavy atom. The Hall–Kier alpha value is -0.890. The summed E-state index contributed by atoms with van der Waals surface area (Å²) in [6.07, 6.45) is -18.8. The first-order valence-corrected chi connectivity index (χ1v) is 3.23. The van der Waals surface area contributed by atoms with Gasteiger partial charge in [0, 0.05) is 6.08 Å². The van der Waals surface area contributed by atoms with E-state index in [0.717, 1.165) is 0 Å². The van der Waals surface area contributed by atoms with E-state index in [1.807, 2.05) is 0 Å². The third kappa shape index (κ3) is 5.53. The molecular formula is C6H3F9. The van der Waals surface area contributed by atoms with E-state index in [2.05, 4.69) is 0 Å². The second-order valence-electron chi connectivity index (χ2n) is 2.46. The van der Waals surface area contributed by atoms with Crippen LogP contribution in [0.2, 0.25) is 0 Å². The average Bonchev–Trinajstić information content (AvgIpc) is 1.75. The zero-order valence-electron chi connectivity index (χ0n) is 6.63. The van der Waals surface area contributed by atoms with Gasteiger partial charge in [-0.25, -0.2) is 0 Å². The fourth-order valence-electron chi connectivity index (χ4n) is 0.609. The Bertz CT molecular complexity index is 212. The fraction of sp³-hybridized carbons (Fsp3) is 0.667. The van der Waals surface area contributed by atoms with E-state index in [4.69, 9.17) is 0 Å². The molecule has 0 N–H and O–H groups in total. The van der Waals surface area contributed by atoms with Gasteiger partial charge in [-0.15, -0.1) is 0 Å². The first-order valence-electron chi connectivity index (χ1n) is 3.23. The van der Waals surface area contributed by atoms with E-state index in [0.29, 0.717) is 0 Å². The van der Waals surface area contributed by atoms with Crippen molar-refractivity contribution in [1.29, 1.82) is 0 Å². The minimum Gasteiger partial charge on any atom is -0.170 e. The minimum absolute atomic E-state index is 0.958. The molecule has 0 nitrogen and oxygen atoms in total. The molecular weight excluding hydrogens is 243 g/mol. The predicted octanol–water partition coefficient (Wildman–Crippen LogP) is 3.85. The van der Waals surface area contributed by atoms with Gasteiger partial charge < -0.3 is 0 Å². The van der Waals surface area contributed by atoms with Crippen LogP contribution >= 0.6 is 0 Å². The van der Waals surface area contributed by atoms with Gasteiger partial charge in [-0.2, -0.15) is 39.5 Å². The first-order chi connectivity index (χ1) is 6.34. The molecule has 0 aromatic rings. The highest BCUT2D eigenvalue weighted by molar-refractivity contribution is 4.99. The van der Waals surface area contributed by atoms with E-state index in [-0.39, 0.29) is 0 Å². The molecule has 9 heteroatoms. The maximum Gasteiger partial charge on any atom is 0.409 e. The van der Waals surface area contributed by atoms with Crippen LogP contribution in [-0.4, -0.2) is 18.5 Å². The Balaban J connectivity index is 4.94. The largest absolute Gasteiger partial charge is 0.409 e. The third-order valence-corrected chi connectivity index (χ3v) is 1.18. The van der Waals surface area contributed by atoms with Crippen molar-refractivity contribution in [3.63, 3.8) is 0 Å². The van der Waals surface area contributed by atoms with Gasteiger partial charge in [0.15, 0.2) is 5.92 Å². The molecule has 0 amide bonds. The summed E-state index contributed by atoms with van der Waals surface area (Å²) in [4.78, 5) is 0. The summed E-state index contributed by atoms with van der Waals surface area (Å²) in [5.74, 6) is -4.10. The zero-order valence-corrected chi connectivity index (χ0v) is 6.63. The summed E-state index contributed by atoms with van der Waals surface area (Å²) < 4.78 is 104. The van der Waals surface area contributed by atoms with Crippen LogP contribution in [0.1, 0.15) is 0 Å². The molecule has 90 valence electrons. The first kappa shape index (κ1) is 14.1. The fourth-order valence-corrected chi connectivity index (χ4v) is 0.609. The number of hydrogen-bond donors (Lipinski definition) is 0. The van der Waals surface area contributed by atoms with Crippen molar-refractivity contribution in [2.24, 2.45) is 5.92 Å². The molecule has 0 saturated heterocycles. The number of alkyl halides is 9. The summed E-state index contributed by atoms with van der Waals surface area (Å²) >= 11 is 0. The SMILES string of the molecule is FC(F)(F)/C=C/C(C(F)(F)F)C(F)(F)F. The average molecular weight is 246 g/mol. The lowest BCUT2D eigenvalue weighted by Crippen LogP contribution is -2.35. The highest BCUT2D eigenvalue weighted by Crippen LogP contribution is 2.40. The van der Waals surface area contributed by atoms with Crippen molar-refractivity contribution in [1.82, 2.24) is 0 Å². The van der Waals surface area contributed by atoms with Gasteiger partial charge >= 0.3 is 18.5 Å². The second-order valence-corrected chi connectivity index (χ2v) is 2.46. The Morgan fingerprint density at radius 3 is 1.20 bits per heavy atom. The van der Waals surface area contributed by atoms with Crippen LogP contribution < -0.4 is 0 Å². The highest BCUT2D eigenvalue weighted by atomic mass is 19.4. The Kier molecular flexibility index (Phi) is 3.70. The molecule has 0 aliphatic rings. The molecule has 0 unspecified atom stereocenters. The molecule has 0 aromatic heterocycles. The summed E-state index contributed by atoms with van der Waals surface area (Å²) in [5, 5.41) is 0. The van der Waals surface area contributed by atoms with Crippen LogP contribution in [0.3, 0.4) is 0 Å². The third-order valence-electron chi connectivity index (χ3n) is 1.18. The molecule has 0 rings (SSSR count). The van der Waals surface area contributed by atoms with Crippen molar-refractivity contribution in [3.05, 3.63) is 12.2 Å². The standard InChI is InChI=1S/C6H3F9/c7-4(8,9)2-1-3(5(10,11)12)6(13,14)15/h1-3H/b2-1+. The van der Waals surface area contributed by atoms with Crippen molar-refractivity contribution in [3.8, 4) is 0 Å². The molecule has 0 aliphatic carbocycles. The highest BCUT2D eigenvalue weighted by Gasteiger charge is 2.55. The van der Waals surface area contributed by atoms with Crippen molar-refractivity contribution in [2.75, 3.05) is 0 Å². The number of hydrogen-bond acceptors (Lipinski definition) is 0. The van der Waals surface area contributed by atoms with Crippen LogP contribution in [0.25, 0.3) is 0 Å². The lowest BCUT2D eigenvalue weighted by atomic mass is 10.1. The smallest absolute Gasteiger partial charge is 0.170 e. The predicted molar refractivity (Wildman–Crippen MR) is 30.8 cm³/mol. The zero-order chi connectivity index (χ0) is 12.5. The van der Waals surface area contributed by atoms with Gasteiger partial charge in [0.1, 0.15) is 0 Å². The molecule has 0 radical (unpaired) electrons. The van der Waals surface area contributed by atoms with E-state index in [1.165, 1.54) is 0 Å². The lowest BCUT2D eigenvalue weighted by molar-refractivity contribution is -0.268. The van der Waals surface area contributed by atoms with Gasteiger partial charge in [0.05, 0.1) is 0 Å². The maximum absolute atomic E-state index is 11.7. The van der Waals surface area contributed by atoms with Crippen molar-refractivity contribution in [2.45, 2.75) is 18.5 Å². The summed E-state index contributed by atoms with van der Waals surface area (Å²) in [5.41, 5.74) is 0. The molecule has 0 aliphatic heterocycles. The number of allylic oxidation sites excluding steroid dienone is 2. The maximum atomic E-state index is 11.7. The van der Waals surface area contributed by atoms with Gasteiger partial charge in [-0.05, 0) is 0 Å². The van der Waals surface area contributed by atoms with Gasteiger partial charge in [-0.3, -0.25) is 0 Å². The van der Waals surface area contributed by atoms with Gasteiger partial charge in [-0.1, -0.05) is 6.08 Å². The minimum atomic E-state index is -5.79. The number of rotatable bonds is 1. The Labute approximate surface area is 77.4 Å². The van der Waals surface area contributed by atoms with Crippen LogP contribution in [0, 0.1) is 5.92 Å². The lowest BCUT2D eigenvalue weighted by Gasteiger charge is -2.19. The summed E-state index contributed by atoms with van der Waals surface area (Å²) in [7, 11) is 0. The molecule has 0 spiro atoms. The number of halogens is 9. The quantitative estimate of drug-likeness (QED) is 0.487. The second kappa shape index (κ2) is 3.93. The van der Waals surface area contributed by atoms with Crippen molar-refractivity contribution >= 4 is 0 Å². The molecule has 0 aromatic carbocycles. The molecule has 15 heavy (non-hydrogen) atoms.